The Kier molecular flexibility index (Phi) is 7.18. The third-order valence-corrected chi connectivity index (χ3v) is 5.07. The van der Waals surface area contributed by atoms with Crippen LogP contribution in [0.3, 0.4) is 0 Å². The molecule has 0 heterocycles. The Bertz CT molecular complexity index is 1010. The number of hydrogen-bond acceptors (Lipinski definition) is 3. The Morgan fingerprint density at radius 3 is 2.55 bits per heavy atom. The molecule has 3 aromatic carbocycles. The number of benzene rings is 3. The van der Waals surface area contributed by atoms with E-state index in [0.717, 1.165) is 11.1 Å². The summed E-state index contributed by atoms with van der Waals surface area (Å²) in [7, 11) is 0. The molecule has 6 heteroatoms. The lowest BCUT2D eigenvalue weighted by molar-refractivity contribution is 0.102. The highest BCUT2D eigenvalue weighted by molar-refractivity contribution is 9.10. The molecule has 0 aromatic heterocycles. The Morgan fingerprint density at radius 1 is 1.07 bits per heavy atom. The van der Waals surface area contributed by atoms with Gasteiger partial charge in [0.2, 0.25) is 0 Å². The predicted octanol–water partition coefficient (Wildman–Crippen LogP) is 6.64. The van der Waals surface area contributed by atoms with Crippen LogP contribution in [0.5, 0.6) is 11.5 Å². The molecule has 1 N–H and O–H groups in total. The molecule has 150 valence electrons. The highest BCUT2D eigenvalue weighted by Gasteiger charge is 2.17. The molecule has 0 fully saturated rings. The van der Waals surface area contributed by atoms with E-state index in [0.29, 0.717) is 45.5 Å². The van der Waals surface area contributed by atoms with Crippen LogP contribution < -0.4 is 14.8 Å². The molecule has 3 aromatic rings. The number of amides is 1. The first-order valence-electron chi connectivity index (χ1n) is 9.18. The number of carbonyl (C=O) groups excluding carboxylic acids is 1. The van der Waals surface area contributed by atoms with Gasteiger partial charge in [0.1, 0.15) is 6.61 Å². The van der Waals surface area contributed by atoms with Gasteiger partial charge in [-0.3, -0.25) is 4.79 Å². The minimum atomic E-state index is -0.260. The summed E-state index contributed by atoms with van der Waals surface area (Å²) in [6.45, 7) is 4.66. The van der Waals surface area contributed by atoms with Crippen LogP contribution in [0.1, 0.15) is 28.4 Å². The van der Waals surface area contributed by atoms with Crippen LogP contribution in [-0.2, 0) is 6.61 Å². The topological polar surface area (TPSA) is 47.6 Å². The second-order valence-corrected chi connectivity index (χ2v) is 7.70. The quantitative estimate of drug-likeness (QED) is 0.417. The van der Waals surface area contributed by atoms with E-state index >= 15 is 0 Å². The van der Waals surface area contributed by atoms with Gasteiger partial charge in [0.15, 0.2) is 11.5 Å². The molecule has 4 nitrogen and oxygen atoms in total. The largest absolute Gasteiger partial charge is 0.489 e. The molecule has 29 heavy (non-hydrogen) atoms. The van der Waals surface area contributed by atoms with Gasteiger partial charge in [0, 0.05) is 16.3 Å². The highest BCUT2D eigenvalue weighted by atomic mass is 79.9. The highest BCUT2D eigenvalue weighted by Crippen LogP contribution is 2.37. The van der Waals surface area contributed by atoms with E-state index in [9.17, 15) is 4.79 Å². The standard InChI is InChI=1S/C23H21BrClNO3/c1-3-28-22-19(24)11-17(12-21(22)29-14-16-7-5-4-6-8-16)23(27)26-20-13-18(25)10-9-15(20)2/h4-13H,3,14H2,1-2H3,(H,26,27). The van der Waals surface area contributed by atoms with Crippen LogP contribution in [0.15, 0.2) is 65.1 Å². The summed E-state index contributed by atoms with van der Waals surface area (Å²) in [5.41, 5.74) is 3.06. The second kappa shape index (κ2) is 9.81. The molecule has 0 unspecified atom stereocenters. The van der Waals surface area contributed by atoms with Crippen molar-refractivity contribution >= 4 is 39.1 Å². The van der Waals surface area contributed by atoms with Crippen molar-refractivity contribution in [2.24, 2.45) is 0 Å². The van der Waals surface area contributed by atoms with E-state index in [4.69, 9.17) is 21.1 Å². The summed E-state index contributed by atoms with van der Waals surface area (Å²) < 4.78 is 12.4. The van der Waals surface area contributed by atoms with Crippen molar-refractivity contribution in [1.82, 2.24) is 0 Å². The molecule has 0 aliphatic carbocycles. The number of aryl methyl sites for hydroxylation is 1. The summed E-state index contributed by atoms with van der Waals surface area (Å²) in [5.74, 6) is 0.806. The SMILES string of the molecule is CCOc1c(Br)cc(C(=O)Nc2cc(Cl)ccc2C)cc1OCc1ccccc1. The maximum absolute atomic E-state index is 12.9. The summed E-state index contributed by atoms with van der Waals surface area (Å²) in [6.07, 6.45) is 0. The van der Waals surface area contributed by atoms with Crippen molar-refractivity contribution in [3.05, 3.63) is 86.8 Å². The molecule has 0 aliphatic rings. The summed E-state index contributed by atoms with van der Waals surface area (Å²) in [6, 6.07) is 18.6. The van der Waals surface area contributed by atoms with E-state index in [-0.39, 0.29) is 5.91 Å². The van der Waals surface area contributed by atoms with Crippen LogP contribution in [-0.4, -0.2) is 12.5 Å². The lowest BCUT2D eigenvalue weighted by atomic mass is 10.1. The fraction of sp³-hybridized carbons (Fsp3) is 0.174. The van der Waals surface area contributed by atoms with E-state index in [1.807, 2.05) is 50.2 Å². The molecule has 3 rings (SSSR count). The molecule has 0 bridgehead atoms. The third kappa shape index (κ3) is 5.52. The summed E-state index contributed by atoms with van der Waals surface area (Å²) >= 11 is 9.56. The third-order valence-electron chi connectivity index (χ3n) is 4.25. The molecular formula is C23H21BrClNO3. The van der Waals surface area contributed by atoms with Crippen molar-refractivity contribution < 1.29 is 14.3 Å². The number of hydrogen-bond donors (Lipinski definition) is 1. The molecule has 0 saturated heterocycles. The molecule has 0 aliphatic heterocycles. The molecule has 0 atom stereocenters. The predicted molar refractivity (Wildman–Crippen MR) is 120 cm³/mol. The van der Waals surface area contributed by atoms with E-state index in [1.54, 1.807) is 24.3 Å². The zero-order valence-electron chi connectivity index (χ0n) is 16.2. The summed E-state index contributed by atoms with van der Waals surface area (Å²) in [4.78, 5) is 12.9. The van der Waals surface area contributed by atoms with Gasteiger partial charge in [-0.15, -0.1) is 0 Å². The molecule has 0 spiro atoms. The van der Waals surface area contributed by atoms with Crippen LogP contribution >= 0.6 is 27.5 Å². The van der Waals surface area contributed by atoms with Crippen LogP contribution in [0, 0.1) is 6.92 Å². The van der Waals surface area contributed by atoms with Crippen molar-refractivity contribution in [3.63, 3.8) is 0 Å². The Morgan fingerprint density at radius 2 is 1.83 bits per heavy atom. The number of nitrogens with one attached hydrogen (secondary N) is 1. The van der Waals surface area contributed by atoms with Crippen LogP contribution in [0.4, 0.5) is 5.69 Å². The number of halogens is 2. The van der Waals surface area contributed by atoms with Gasteiger partial charge in [-0.2, -0.15) is 0 Å². The molecule has 0 saturated carbocycles. The number of ether oxygens (including phenoxy) is 2. The van der Waals surface area contributed by atoms with Gasteiger partial charge in [-0.25, -0.2) is 0 Å². The zero-order chi connectivity index (χ0) is 20.8. The fourth-order valence-electron chi connectivity index (χ4n) is 2.75. The number of carbonyl (C=O) groups is 1. The maximum Gasteiger partial charge on any atom is 0.255 e. The molecule has 1 amide bonds. The summed E-state index contributed by atoms with van der Waals surface area (Å²) in [5, 5.41) is 3.47. The number of anilines is 1. The first-order chi connectivity index (χ1) is 14.0. The lowest BCUT2D eigenvalue weighted by Gasteiger charge is -2.16. The average molecular weight is 475 g/mol. The second-order valence-electron chi connectivity index (χ2n) is 6.41. The van der Waals surface area contributed by atoms with E-state index in [1.165, 1.54) is 0 Å². The van der Waals surface area contributed by atoms with Gasteiger partial charge >= 0.3 is 0 Å². The van der Waals surface area contributed by atoms with Crippen molar-refractivity contribution in [1.29, 1.82) is 0 Å². The van der Waals surface area contributed by atoms with Crippen molar-refractivity contribution in [3.8, 4) is 11.5 Å². The lowest BCUT2D eigenvalue weighted by Crippen LogP contribution is -2.13. The smallest absolute Gasteiger partial charge is 0.255 e. The van der Waals surface area contributed by atoms with Gasteiger partial charge in [0.25, 0.3) is 5.91 Å². The monoisotopic (exact) mass is 473 g/mol. The Labute approximate surface area is 183 Å². The minimum absolute atomic E-state index is 0.260. The minimum Gasteiger partial charge on any atom is -0.489 e. The van der Waals surface area contributed by atoms with Crippen molar-refractivity contribution in [2.75, 3.05) is 11.9 Å². The van der Waals surface area contributed by atoms with Crippen LogP contribution in [0.25, 0.3) is 0 Å². The first-order valence-corrected chi connectivity index (χ1v) is 10.4. The average Bonchev–Trinajstić information content (AvgIpc) is 2.71. The Hall–Kier alpha value is -2.50. The normalized spacial score (nSPS) is 10.5. The molecule has 0 radical (unpaired) electrons. The molecular weight excluding hydrogens is 454 g/mol. The first kappa shape index (κ1) is 21.2. The number of rotatable bonds is 7. The van der Waals surface area contributed by atoms with E-state index in [2.05, 4.69) is 21.2 Å². The van der Waals surface area contributed by atoms with Crippen LogP contribution in [0.2, 0.25) is 5.02 Å². The Balaban J connectivity index is 1.87. The van der Waals surface area contributed by atoms with E-state index < -0.39 is 0 Å². The zero-order valence-corrected chi connectivity index (χ0v) is 18.5. The van der Waals surface area contributed by atoms with Gasteiger partial charge in [-0.05, 0) is 65.2 Å². The van der Waals surface area contributed by atoms with Crippen molar-refractivity contribution in [2.45, 2.75) is 20.5 Å². The van der Waals surface area contributed by atoms with Gasteiger partial charge in [-0.1, -0.05) is 48.0 Å². The van der Waals surface area contributed by atoms with Gasteiger partial charge in [0.05, 0.1) is 11.1 Å². The maximum atomic E-state index is 12.9. The fourth-order valence-corrected chi connectivity index (χ4v) is 3.48. The van der Waals surface area contributed by atoms with Gasteiger partial charge < -0.3 is 14.8 Å².